The van der Waals surface area contributed by atoms with Crippen LogP contribution in [0.15, 0.2) is 79.2 Å². The number of nitriles is 1. The molecule has 0 amide bonds. The van der Waals surface area contributed by atoms with Gasteiger partial charge in [0.1, 0.15) is 36.4 Å². The number of pyridine rings is 1. The standard InChI is InChI=1S/C42H55ClN4O7/c1-5-40(26-48,27-49)46-16-11-17-54-42(15-10-14-35(39(42,3)4)33-12-8-7-9-13-33)30-53-38-20-37(52-25-32-18-31(21-44)22-45-23-32)34(19-36(38)43)24-47-41(6-2,28-50)29-51/h7-10,12-15,18-20,22-23,46-51H,5-6,11,16-17,24-30H2,1-4H3. The van der Waals surface area contributed by atoms with Crippen molar-refractivity contribution in [3.8, 4) is 17.6 Å². The van der Waals surface area contributed by atoms with Crippen LogP contribution in [0.5, 0.6) is 11.5 Å². The first-order valence-corrected chi connectivity index (χ1v) is 18.8. The molecule has 0 saturated carbocycles. The second-order valence-electron chi connectivity index (χ2n) is 14.4. The minimum Gasteiger partial charge on any atom is -0.488 e. The number of halogens is 1. The van der Waals surface area contributed by atoms with Gasteiger partial charge in [-0.3, -0.25) is 4.98 Å². The molecule has 1 unspecified atom stereocenters. The van der Waals surface area contributed by atoms with E-state index >= 15 is 0 Å². The molecule has 1 atom stereocenters. The number of allylic oxidation sites excluding steroid dienone is 2. The zero-order chi connectivity index (χ0) is 39.2. The lowest BCUT2D eigenvalue weighted by Crippen LogP contribution is -2.53. The Morgan fingerprint density at radius 3 is 2.22 bits per heavy atom. The van der Waals surface area contributed by atoms with Crippen LogP contribution in [0.1, 0.15) is 69.2 Å². The first kappa shape index (κ1) is 42.9. The van der Waals surface area contributed by atoms with Crippen LogP contribution in [0, 0.1) is 16.7 Å². The number of hydrogen-bond acceptors (Lipinski definition) is 11. The van der Waals surface area contributed by atoms with Crippen molar-refractivity contribution in [2.24, 2.45) is 5.41 Å². The molecular formula is C42H55ClN4O7. The predicted molar refractivity (Wildman–Crippen MR) is 210 cm³/mol. The topological polar surface area (TPSA) is 169 Å². The number of nitrogens with one attached hydrogen (secondary N) is 2. The molecule has 12 heteroatoms. The summed E-state index contributed by atoms with van der Waals surface area (Å²) in [4.78, 5) is 4.15. The summed E-state index contributed by atoms with van der Waals surface area (Å²) in [7, 11) is 0. The number of hydrogen-bond donors (Lipinski definition) is 6. The number of aliphatic hydroxyl groups excluding tert-OH is 4. The highest BCUT2D eigenvalue weighted by Crippen LogP contribution is 2.49. The number of nitrogens with zero attached hydrogens (tertiary/aromatic N) is 2. The normalized spacial score (nSPS) is 16.9. The summed E-state index contributed by atoms with van der Waals surface area (Å²) in [5.41, 5.74) is 0.753. The fourth-order valence-corrected chi connectivity index (χ4v) is 6.68. The van der Waals surface area contributed by atoms with Crippen molar-refractivity contribution in [1.82, 2.24) is 15.6 Å². The van der Waals surface area contributed by atoms with Crippen molar-refractivity contribution in [3.63, 3.8) is 0 Å². The SMILES string of the molecule is CCC(CO)(CO)NCCCOC1(COc2cc(OCc3cncc(C#N)c3)c(CNC(CC)(CO)CO)cc2Cl)C=CC=C(c2ccccc2)C1(C)C. The van der Waals surface area contributed by atoms with E-state index in [9.17, 15) is 25.7 Å². The Bertz CT molecular complexity index is 1740. The van der Waals surface area contributed by atoms with Gasteiger partial charge in [-0.15, -0.1) is 0 Å². The molecule has 0 aliphatic heterocycles. The van der Waals surface area contributed by atoms with Gasteiger partial charge in [0.2, 0.25) is 0 Å². The summed E-state index contributed by atoms with van der Waals surface area (Å²) >= 11 is 6.93. The Labute approximate surface area is 324 Å². The van der Waals surface area contributed by atoms with Crippen LogP contribution in [0.25, 0.3) is 5.57 Å². The molecule has 1 heterocycles. The zero-order valence-electron chi connectivity index (χ0n) is 31.8. The molecule has 4 rings (SSSR count). The van der Waals surface area contributed by atoms with Gasteiger partial charge in [-0.1, -0.05) is 81.8 Å². The summed E-state index contributed by atoms with van der Waals surface area (Å²) in [6.07, 6.45) is 10.9. The molecular weight excluding hydrogens is 708 g/mol. The van der Waals surface area contributed by atoms with E-state index in [0.29, 0.717) is 65.6 Å². The fraction of sp³-hybridized carbons (Fsp3) is 0.476. The molecule has 11 nitrogen and oxygen atoms in total. The van der Waals surface area contributed by atoms with Crippen LogP contribution < -0.4 is 20.1 Å². The van der Waals surface area contributed by atoms with Crippen LogP contribution in [-0.2, 0) is 17.9 Å². The molecule has 0 saturated heterocycles. The summed E-state index contributed by atoms with van der Waals surface area (Å²) in [5.74, 6) is 0.829. The largest absolute Gasteiger partial charge is 0.488 e. The second kappa shape index (κ2) is 19.7. The number of benzene rings is 2. The van der Waals surface area contributed by atoms with Gasteiger partial charge in [-0.2, -0.15) is 5.26 Å². The van der Waals surface area contributed by atoms with Crippen molar-refractivity contribution >= 4 is 17.2 Å². The third-order valence-corrected chi connectivity index (χ3v) is 11.0. The van der Waals surface area contributed by atoms with E-state index in [1.807, 2.05) is 44.2 Å². The highest BCUT2D eigenvalue weighted by molar-refractivity contribution is 6.32. The lowest BCUT2D eigenvalue weighted by atomic mass is 9.65. The van der Waals surface area contributed by atoms with Gasteiger partial charge >= 0.3 is 0 Å². The highest BCUT2D eigenvalue weighted by atomic mass is 35.5. The molecule has 0 spiro atoms. The van der Waals surface area contributed by atoms with Gasteiger partial charge in [0.15, 0.2) is 0 Å². The average Bonchev–Trinajstić information content (AvgIpc) is 3.20. The summed E-state index contributed by atoms with van der Waals surface area (Å²) in [6, 6.07) is 17.4. The molecule has 0 bridgehead atoms. The van der Waals surface area contributed by atoms with Gasteiger partial charge < -0.3 is 45.3 Å². The van der Waals surface area contributed by atoms with Gasteiger partial charge in [0.05, 0.1) is 48.1 Å². The number of aliphatic hydroxyl groups is 4. The number of aromatic nitrogens is 1. The molecule has 1 aromatic heterocycles. The summed E-state index contributed by atoms with van der Waals surface area (Å²) in [6.45, 7) is 8.52. The van der Waals surface area contributed by atoms with Crippen LogP contribution in [-0.4, -0.2) is 88.3 Å². The van der Waals surface area contributed by atoms with E-state index < -0.39 is 22.1 Å². The maximum absolute atomic E-state index is 10.1. The monoisotopic (exact) mass is 762 g/mol. The van der Waals surface area contributed by atoms with Crippen LogP contribution >= 0.6 is 11.6 Å². The highest BCUT2D eigenvalue weighted by Gasteiger charge is 2.49. The van der Waals surface area contributed by atoms with Gasteiger partial charge in [-0.25, -0.2) is 0 Å². The minimum atomic E-state index is -0.945. The molecule has 54 heavy (non-hydrogen) atoms. The lowest BCUT2D eigenvalue weighted by Gasteiger charge is -2.47. The van der Waals surface area contributed by atoms with Crippen molar-refractivity contribution in [2.75, 3.05) is 46.2 Å². The third kappa shape index (κ3) is 10.1. The molecule has 2 aromatic carbocycles. The maximum atomic E-state index is 10.1. The molecule has 292 valence electrons. The Kier molecular flexibility index (Phi) is 15.6. The molecule has 6 N–H and O–H groups in total. The molecule has 0 fully saturated rings. The molecule has 1 aliphatic rings. The van der Waals surface area contributed by atoms with Crippen molar-refractivity contribution in [3.05, 3.63) is 106 Å². The Morgan fingerprint density at radius 2 is 1.57 bits per heavy atom. The van der Waals surface area contributed by atoms with Gasteiger partial charge in [0.25, 0.3) is 0 Å². The van der Waals surface area contributed by atoms with E-state index in [1.165, 1.54) is 6.20 Å². The summed E-state index contributed by atoms with van der Waals surface area (Å²) in [5, 5.41) is 56.2. The van der Waals surface area contributed by atoms with E-state index in [0.717, 1.165) is 11.1 Å². The lowest BCUT2D eigenvalue weighted by molar-refractivity contribution is -0.0919. The smallest absolute Gasteiger partial charge is 0.141 e. The number of ether oxygens (including phenoxy) is 3. The van der Waals surface area contributed by atoms with Crippen molar-refractivity contribution in [2.45, 2.75) is 76.8 Å². The van der Waals surface area contributed by atoms with Crippen LogP contribution in [0.4, 0.5) is 0 Å². The van der Waals surface area contributed by atoms with E-state index in [1.54, 1.807) is 24.4 Å². The summed E-state index contributed by atoms with van der Waals surface area (Å²) < 4.78 is 19.7. The Morgan fingerprint density at radius 1 is 0.889 bits per heavy atom. The quantitative estimate of drug-likeness (QED) is 0.0732. The molecule has 0 radical (unpaired) electrons. The van der Waals surface area contributed by atoms with E-state index in [-0.39, 0.29) is 46.2 Å². The molecule has 3 aromatic rings. The van der Waals surface area contributed by atoms with Gasteiger partial charge in [-0.05, 0) is 55.2 Å². The average molecular weight is 763 g/mol. The minimum absolute atomic E-state index is 0.0964. The van der Waals surface area contributed by atoms with E-state index in [2.05, 4.69) is 53.7 Å². The zero-order valence-corrected chi connectivity index (χ0v) is 32.5. The van der Waals surface area contributed by atoms with E-state index in [4.69, 9.17) is 25.8 Å². The fourth-order valence-electron chi connectivity index (χ4n) is 6.43. The third-order valence-electron chi connectivity index (χ3n) is 10.7. The second-order valence-corrected chi connectivity index (χ2v) is 14.8. The maximum Gasteiger partial charge on any atom is 0.141 e. The van der Waals surface area contributed by atoms with Crippen LogP contribution in [0.2, 0.25) is 5.02 Å². The van der Waals surface area contributed by atoms with Crippen molar-refractivity contribution in [1.29, 1.82) is 5.26 Å². The Balaban J connectivity index is 1.65. The Hall–Kier alpha value is -3.83. The van der Waals surface area contributed by atoms with Crippen LogP contribution in [0.3, 0.4) is 0 Å². The first-order valence-electron chi connectivity index (χ1n) is 18.4. The van der Waals surface area contributed by atoms with Crippen molar-refractivity contribution < 1.29 is 34.6 Å². The number of rotatable bonds is 22. The van der Waals surface area contributed by atoms with Gasteiger partial charge in [0, 0.05) is 48.2 Å². The first-order chi connectivity index (χ1) is 26.0. The predicted octanol–water partition coefficient (Wildman–Crippen LogP) is 5.34. The molecule has 1 aliphatic carbocycles.